The van der Waals surface area contributed by atoms with E-state index in [9.17, 15) is 4.79 Å². The molecule has 0 aliphatic rings. The van der Waals surface area contributed by atoms with Crippen LogP contribution in [0.4, 0.5) is 5.69 Å². The van der Waals surface area contributed by atoms with Crippen LogP contribution in [0.1, 0.15) is 20.8 Å². The Bertz CT molecular complexity index is 1060. The van der Waals surface area contributed by atoms with E-state index in [4.69, 9.17) is 0 Å². The molecule has 0 spiro atoms. The first-order valence-corrected chi connectivity index (χ1v) is 8.90. The lowest BCUT2D eigenvalue weighted by atomic mass is 10.1. The number of thiophene rings is 1. The maximum absolute atomic E-state index is 12.3. The van der Waals surface area contributed by atoms with E-state index in [0.29, 0.717) is 4.88 Å². The van der Waals surface area contributed by atoms with E-state index in [-0.39, 0.29) is 5.91 Å². The average molecular weight is 347 g/mol. The van der Waals surface area contributed by atoms with Crippen molar-refractivity contribution in [2.24, 2.45) is 0 Å². The molecule has 0 radical (unpaired) electrons. The Morgan fingerprint density at radius 1 is 1.12 bits per heavy atom. The van der Waals surface area contributed by atoms with Gasteiger partial charge in [-0.25, -0.2) is 4.98 Å². The van der Waals surface area contributed by atoms with Gasteiger partial charge in [0.15, 0.2) is 0 Å². The molecule has 2 aromatic heterocycles. The molecule has 2 aromatic carbocycles. The first kappa shape index (κ1) is 15.6. The second-order valence-corrected chi connectivity index (χ2v) is 7.01. The highest BCUT2D eigenvalue weighted by molar-refractivity contribution is 7.12. The minimum atomic E-state index is -0.0875. The van der Waals surface area contributed by atoms with Crippen molar-refractivity contribution < 1.29 is 4.79 Å². The van der Waals surface area contributed by atoms with Gasteiger partial charge in [0, 0.05) is 11.3 Å². The summed E-state index contributed by atoms with van der Waals surface area (Å²) < 4.78 is 0. The molecule has 0 saturated heterocycles. The SMILES string of the molecule is Cc1ccc2nc(-c3ccc(C)c(NC(=O)c4cccs4)c3)[nH]c2c1. The number of rotatable bonds is 3. The summed E-state index contributed by atoms with van der Waals surface area (Å²) in [5.74, 6) is 0.711. The Hall–Kier alpha value is -2.92. The maximum Gasteiger partial charge on any atom is 0.265 e. The highest BCUT2D eigenvalue weighted by atomic mass is 32.1. The number of fused-ring (bicyclic) bond motifs is 1. The first-order chi connectivity index (χ1) is 12.1. The quantitative estimate of drug-likeness (QED) is 0.538. The van der Waals surface area contributed by atoms with E-state index < -0.39 is 0 Å². The molecular formula is C20H17N3OS. The van der Waals surface area contributed by atoms with E-state index in [2.05, 4.69) is 34.3 Å². The Balaban J connectivity index is 1.69. The van der Waals surface area contributed by atoms with Crippen molar-refractivity contribution in [3.8, 4) is 11.4 Å². The fourth-order valence-electron chi connectivity index (χ4n) is 2.76. The number of hydrogen-bond acceptors (Lipinski definition) is 3. The summed E-state index contributed by atoms with van der Waals surface area (Å²) in [5, 5.41) is 4.89. The van der Waals surface area contributed by atoms with Gasteiger partial charge in [0.1, 0.15) is 5.82 Å². The summed E-state index contributed by atoms with van der Waals surface area (Å²) in [6, 6.07) is 15.8. The van der Waals surface area contributed by atoms with Crippen molar-refractivity contribution in [3.63, 3.8) is 0 Å². The van der Waals surface area contributed by atoms with Crippen LogP contribution in [0.15, 0.2) is 53.9 Å². The normalized spacial score (nSPS) is 11.0. The highest BCUT2D eigenvalue weighted by Crippen LogP contribution is 2.26. The molecule has 5 heteroatoms. The number of imidazole rings is 1. The summed E-state index contributed by atoms with van der Waals surface area (Å²) >= 11 is 1.43. The van der Waals surface area contributed by atoms with Crippen LogP contribution in [-0.4, -0.2) is 15.9 Å². The molecule has 2 N–H and O–H groups in total. The first-order valence-electron chi connectivity index (χ1n) is 8.02. The predicted octanol–water partition coefficient (Wildman–Crippen LogP) is 5.16. The van der Waals surface area contributed by atoms with Gasteiger partial charge in [-0.1, -0.05) is 24.3 Å². The maximum atomic E-state index is 12.3. The van der Waals surface area contributed by atoms with Crippen molar-refractivity contribution in [1.29, 1.82) is 0 Å². The number of aryl methyl sites for hydroxylation is 2. The third kappa shape index (κ3) is 3.06. The molecule has 124 valence electrons. The van der Waals surface area contributed by atoms with Crippen LogP contribution in [0.2, 0.25) is 0 Å². The van der Waals surface area contributed by atoms with Crippen LogP contribution in [0.25, 0.3) is 22.4 Å². The molecule has 4 nitrogen and oxygen atoms in total. The van der Waals surface area contributed by atoms with Gasteiger partial charge in [-0.2, -0.15) is 0 Å². The predicted molar refractivity (Wildman–Crippen MR) is 103 cm³/mol. The van der Waals surface area contributed by atoms with Gasteiger partial charge in [-0.05, 0) is 54.6 Å². The minimum Gasteiger partial charge on any atom is -0.338 e. The lowest BCUT2D eigenvalue weighted by molar-refractivity contribution is 0.103. The van der Waals surface area contributed by atoms with Gasteiger partial charge < -0.3 is 10.3 Å². The molecule has 25 heavy (non-hydrogen) atoms. The second-order valence-electron chi connectivity index (χ2n) is 6.07. The molecule has 0 aliphatic heterocycles. The summed E-state index contributed by atoms with van der Waals surface area (Å²) in [5.41, 5.74) is 5.90. The van der Waals surface area contributed by atoms with Gasteiger partial charge in [0.2, 0.25) is 0 Å². The third-order valence-electron chi connectivity index (χ3n) is 4.14. The van der Waals surface area contributed by atoms with Crippen LogP contribution >= 0.6 is 11.3 Å². The molecule has 0 fully saturated rings. The molecular weight excluding hydrogens is 330 g/mol. The highest BCUT2D eigenvalue weighted by Gasteiger charge is 2.11. The summed E-state index contributed by atoms with van der Waals surface area (Å²) in [7, 11) is 0. The Morgan fingerprint density at radius 3 is 2.80 bits per heavy atom. The number of benzene rings is 2. The fraction of sp³-hybridized carbons (Fsp3) is 0.100. The third-order valence-corrected chi connectivity index (χ3v) is 5.01. The minimum absolute atomic E-state index is 0.0875. The van der Waals surface area contributed by atoms with E-state index in [1.54, 1.807) is 0 Å². The summed E-state index contributed by atoms with van der Waals surface area (Å²) in [4.78, 5) is 21.0. The Kier molecular flexibility index (Phi) is 3.86. The zero-order valence-corrected chi connectivity index (χ0v) is 14.8. The fourth-order valence-corrected chi connectivity index (χ4v) is 3.37. The Morgan fingerprint density at radius 2 is 2.00 bits per heavy atom. The Labute approximate surface area is 149 Å². The van der Waals surface area contributed by atoms with E-state index in [1.165, 1.54) is 16.9 Å². The zero-order chi connectivity index (χ0) is 17.4. The number of anilines is 1. The van der Waals surface area contributed by atoms with Gasteiger partial charge >= 0.3 is 0 Å². The molecule has 0 unspecified atom stereocenters. The average Bonchev–Trinajstić information content (AvgIpc) is 3.25. The van der Waals surface area contributed by atoms with Crippen LogP contribution in [-0.2, 0) is 0 Å². The van der Waals surface area contributed by atoms with Crippen molar-refractivity contribution in [1.82, 2.24) is 9.97 Å². The summed E-state index contributed by atoms with van der Waals surface area (Å²) in [6.07, 6.45) is 0. The van der Waals surface area contributed by atoms with Crippen LogP contribution < -0.4 is 5.32 Å². The largest absolute Gasteiger partial charge is 0.338 e. The second kappa shape index (κ2) is 6.18. The van der Waals surface area contributed by atoms with Gasteiger partial charge in [-0.15, -0.1) is 11.3 Å². The number of carbonyl (C=O) groups is 1. The molecule has 0 atom stereocenters. The molecule has 0 saturated carbocycles. The lowest BCUT2D eigenvalue weighted by Crippen LogP contribution is -2.11. The molecule has 4 aromatic rings. The van der Waals surface area contributed by atoms with Crippen molar-refractivity contribution in [3.05, 3.63) is 69.9 Å². The van der Waals surface area contributed by atoms with E-state index >= 15 is 0 Å². The number of aromatic nitrogens is 2. The molecule has 2 heterocycles. The molecule has 1 amide bonds. The number of carbonyl (C=O) groups excluding carboxylic acids is 1. The number of nitrogens with zero attached hydrogens (tertiary/aromatic N) is 1. The smallest absolute Gasteiger partial charge is 0.265 e. The number of hydrogen-bond donors (Lipinski definition) is 2. The van der Waals surface area contributed by atoms with Gasteiger partial charge in [0.05, 0.1) is 15.9 Å². The molecule has 4 rings (SSSR count). The molecule has 0 bridgehead atoms. The number of H-pyrrole nitrogens is 1. The summed E-state index contributed by atoms with van der Waals surface area (Å²) in [6.45, 7) is 4.04. The topological polar surface area (TPSA) is 57.8 Å². The van der Waals surface area contributed by atoms with Crippen molar-refractivity contribution >= 4 is 34.0 Å². The van der Waals surface area contributed by atoms with Crippen LogP contribution in [0.3, 0.4) is 0 Å². The van der Waals surface area contributed by atoms with E-state index in [0.717, 1.165) is 33.7 Å². The zero-order valence-electron chi connectivity index (χ0n) is 14.0. The number of amides is 1. The lowest BCUT2D eigenvalue weighted by Gasteiger charge is -2.09. The van der Waals surface area contributed by atoms with Gasteiger partial charge in [-0.3, -0.25) is 4.79 Å². The monoisotopic (exact) mass is 347 g/mol. The number of nitrogens with one attached hydrogen (secondary N) is 2. The standard InChI is InChI=1S/C20H17N3OS/c1-12-5-8-15-17(10-12)22-19(21-15)14-7-6-13(2)16(11-14)23-20(24)18-4-3-9-25-18/h3-11H,1-2H3,(H,21,22)(H,23,24). The number of aromatic amines is 1. The van der Waals surface area contributed by atoms with Crippen LogP contribution in [0.5, 0.6) is 0 Å². The van der Waals surface area contributed by atoms with Crippen molar-refractivity contribution in [2.45, 2.75) is 13.8 Å². The van der Waals surface area contributed by atoms with E-state index in [1.807, 2.05) is 48.7 Å². The molecule has 0 aliphatic carbocycles. The van der Waals surface area contributed by atoms with Crippen molar-refractivity contribution in [2.75, 3.05) is 5.32 Å². The van der Waals surface area contributed by atoms with Crippen LogP contribution in [0, 0.1) is 13.8 Å². The van der Waals surface area contributed by atoms with Gasteiger partial charge in [0.25, 0.3) is 5.91 Å².